The van der Waals surface area contributed by atoms with Crippen molar-refractivity contribution in [1.29, 1.82) is 0 Å². The average molecular weight is 419 g/mol. The monoisotopic (exact) mass is 418 g/mol. The minimum atomic E-state index is -0.181. The molecule has 5 nitrogen and oxygen atoms in total. The number of anilines is 1. The summed E-state index contributed by atoms with van der Waals surface area (Å²) in [6.07, 6.45) is 1.72. The molecule has 0 radical (unpaired) electrons. The summed E-state index contributed by atoms with van der Waals surface area (Å²) >= 11 is 0. The number of nitrogens with one attached hydrogen (secondary N) is 1. The summed E-state index contributed by atoms with van der Waals surface area (Å²) in [6, 6.07) is 19.1. The Morgan fingerprint density at radius 3 is 2.45 bits per heavy atom. The van der Waals surface area contributed by atoms with Gasteiger partial charge >= 0.3 is 0 Å². The molecule has 1 heterocycles. The van der Waals surface area contributed by atoms with Gasteiger partial charge in [0.2, 0.25) is 0 Å². The van der Waals surface area contributed by atoms with Crippen LogP contribution in [0.25, 0.3) is 0 Å². The Hall–Kier alpha value is -3.18. The number of aromatic nitrogens is 1. The van der Waals surface area contributed by atoms with Crippen LogP contribution in [0.5, 0.6) is 11.5 Å². The summed E-state index contributed by atoms with van der Waals surface area (Å²) in [6.45, 7) is 8.63. The van der Waals surface area contributed by atoms with Crippen LogP contribution in [0.15, 0.2) is 60.7 Å². The van der Waals surface area contributed by atoms with Crippen molar-refractivity contribution in [3.8, 4) is 11.5 Å². The Labute approximate surface area is 184 Å². The summed E-state index contributed by atoms with van der Waals surface area (Å²) in [7, 11) is 0. The van der Waals surface area contributed by atoms with Crippen LogP contribution in [0.2, 0.25) is 0 Å². The van der Waals surface area contributed by atoms with Gasteiger partial charge in [-0.2, -0.15) is 0 Å². The zero-order chi connectivity index (χ0) is 22.2. The highest BCUT2D eigenvalue weighted by molar-refractivity contribution is 6.05. The predicted octanol–water partition coefficient (Wildman–Crippen LogP) is 5.96. The van der Waals surface area contributed by atoms with E-state index in [9.17, 15) is 4.79 Å². The lowest BCUT2D eigenvalue weighted by molar-refractivity contribution is 0.0761. The Kier molecular flexibility index (Phi) is 7.79. The maximum Gasteiger partial charge on any atom is 0.257 e. The van der Waals surface area contributed by atoms with Crippen molar-refractivity contribution in [2.24, 2.45) is 0 Å². The van der Waals surface area contributed by atoms with Gasteiger partial charge in [-0.3, -0.25) is 9.78 Å². The number of pyridine rings is 1. The van der Waals surface area contributed by atoms with E-state index in [-0.39, 0.29) is 12.0 Å². The fourth-order valence-electron chi connectivity index (χ4n) is 3.43. The summed E-state index contributed by atoms with van der Waals surface area (Å²) < 4.78 is 11.6. The third-order valence-electron chi connectivity index (χ3n) is 5.03. The molecule has 3 aromatic rings. The molecule has 1 N–H and O–H groups in total. The molecule has 1 atom stereocenters. The molecule has 0 saturated heterocycles. The highest BCUT2D eigenvalue weighted by atomic mass is 16.5. The molecule has 1 aromatic heterocycles. The number of carbonyl (C=O) groups is 1. The first-order valence-corrected chi connectivity index (χ1v) is 10.8. The fourth-order valence-corrected chi connectivity index (χ4v) is 3.43. The fraction of sp³-hybridized carbons (Fsp3) is 0.308. The number of nitrogens with zero attached hydrogens (tertiary/aromatic N) is 1. The Balaban J connectivity index is 1.64. The van der Waals surface area contributed by atoms with E-state index in [1.54, 1.807) is 0 Å². The minimum Gasteiger partial charge on any atom is -0.457 e. The summed E-state index contributed by atoms with van der Waals surface area (Å²) in [4.78, 5) is 17.3. The number of para-hydroxylation sites is 1. The van der Waals surface area contributed by atoms with Gasteiger partial charge in [-0.1, -0.05) is 25.1 Å². The molecule has 0 bridgehead atoms. The van der Waals surface area contributed by atoms with Crippen LogP contribution in [-0.4, -0.2) is 23.6 Å². The molecule has 0 aliphatic rings. The lowest BCUT2D eigenvalue weighted by Gasteiger charge is -2.13. The van der Waals surface area contributed by atoms with E-state index in [4.69, 9.17) is 9.47 Å². The van der Waals surface area contributed by atoms with Crippen LogP contribution in [0.4, 0.5) is 5.69 Å². The third kappa shape index (κ3) is 6.15. The molecule has 162 valence electrons. The number of hydrogen-bond acceptors (Lipinski definition) is 4. The molecule has 1 unspecified atom stereocenters. The number of carbonyl (C=O) groups excluding carboxylic acids is 1. The van der Waals surface area contributed by atoms with Gasteiger partial charge in [-0.25, -0.2) is 0 Å². The number of ether oxygens (including phenoxy) is 2. The Morgan fingerprint density at radius 1 is 1.03 bits per heavy atom. The zero-order valence-electron chi connectivity index (χ0n) is 18.6. The van der Waals surface area contributed by atoms with Crippen molar-refractivity contribution in [2.45, 2.75) is 46.6 Å². The molecule has 5 heteroatoms. The second-order valence-corrected chi connectivity index (χ2v) is 7.45. The first-order valence-electron chi connectivity index (χ1n) is 10.8. The maximum absolute atomic E-state index is 12.7. The molecule has 3 rings (SSSR count). The Morgan fingerprint density at radius 2 is 1.77 bits per heavy atom. The largest absolute Gasteiger partial charge is 0.457 e. The van der Waals surface area contributed by atoms with Crippen LogP contribution in [0.1, 0.15) is 48.1 Å². The zero-order valence-corrected chi connectivity index (χ0v) is 18.6. The molecule has 31 heavy (non-hydrogen) atoms. The van der Waals surface area contributed by atoms with E-state index in [1.165, 1.54) is 0 Å². The maximum atomic E-state index is 12.7. The van der Waals surface area contributed by atoms with Crippen molar-refractivity contribution < 1.29 is 14.3 Å². The van der Waals surface area contributed by atoms with Gasteiger partial charge in [0.15, 0.2) is 0 Å². The van der Waals surface area contributed by atoms with Crippen molar-refractivity contribution in [2.75, 3.05) is 11.9 Å². The molecule has 0 aliphatic carbocycles. The van der Waals surface area contributed by atoms with Gasteiger partial charge in [0.05, 0.1) is 17.4 Å². The third-order valence-corrected chi connectivity index (χ3v) is 5.03. The second-order valence-electron chi connectivity index (χ2n) is 7.45. The lowest BCUT2D eigenvalue weighted by atomic mass is 10.1. The van der Waals surface area contributed by atoms with E-state index in [0.29, 0.717) is 23.6 Å². The van der Waals surface area contributed by atoms with Crippen molar-refractivity contribution in [1.82, 2.24) is 4.98 Å². The number of hydrogen-bond donors (Lipinski definition) is 1. The van der Waals surface area contributed by atoms with Gasteiger partial charge in [-0.05, 0) is 75.2 Å². The molecule has 2 aromatic carbocycles. The number of rotatable bonds is 9. The molecular weight excluding hydrogens is 388 g/mol. The average Bonchev–Trinajstić information content (AvgIpc) is 2.75. The molecular formula is C26H30N2O3. The normalized spacial score (nSPS) is 11.7. The van der Waals surface area contributed by atoms with Crippen LogP contribution < -0.4 is 10.1 Å². The first-order chi connectivity index (χ1) is 15.0. The first kappa shape index (κ1) is 22.5. The van der Waals surface area contributed by atoms with Crippen molar-refractivity contribution >= 4 is 11.6 Å². The van der Waals surface area contributed by atoms with E-state index in [0.717, 1.165) is 35.6 Å². The van der Waals surface area contributed by atoms with Gasteiger partial charge in [0, 0.05) is 24.4 Å². The summed E-state index contributed by atoms with van der Waals surface area (Å²) in [5, 5.41) is 2.93. The minimum absolute atomic E-state index is 0.0987. The van der Waals surface area contributed by atoms with Crippen LogP contribution in [0, 0.1) is 6.92 Å². The van der Waals surface area contributed by atoms with Crippen molar-refractivity contribution in [3.05, 3.63) is 83.2 Å². The van der Waals surface area contributed by atoms with Crippen molar-refractivity contribution in [3.63, 3.8) is 0 Å². The van der Waals surface area contributed by atoms with E-state index < -0.39 is 0 Å². The van der Waals surface area contributed by atoms with Gasteiger partial charge in [0.1, 0.15) is 11.5 Å². The van der Waals surface area contributed by atoms with E-state index >= 15 is 0 Å². The summed E-state index contributed by atoms with van der Waals surface area (Å²) in [5.74, 6) is 1.39. The molecule has 0 aliphatic heterocycles. The highest BCUT2D eigenvalue weighted by Crippen LogP contribution is 2.26. The van der Waals surface area contributed by atoms with E-state index in [1.807, 2.05) is 75.4 Å². The number of benzene rings is 2. The van der Waals surface area contributed by atoms with E-state index in [2.05, 4.69) is 23.3 Å². The number of aryl methyl sites for hydroxylation is 2. The summed E-state index contributed by atoms with van der Waals surface area (Å²) in [5.41, 5.74) is 4.04. The topological polar surface area (TPSA) is 60.5 Å². The molecule has 0 spiro atoms. The SMILES string of the molecule is CCOC(C)Cc1ccc(C(=O)Nc2ccc(Oc3ccccc3CC)cc2)c(C)n1. The van der Waals surface area contributed by atoms with Crippen LogP contribution in [-0.2, 0) is 17.6 Å². The molecule has 0 fully saturated rings. The number of amides is 1. The highest BCUT2D eigenvalue weighted by Gasteiger charge is 2.13. The van der Waals surface area contributed by atoms with Gasteiger partial charge in [-0.15, -0.1) is 0 Å². The smallest absolute Gasteiger partial charge is 0.257 e. The molecule has 1 amide bonds. The van der Waals surface area contributed by atoms with Crippen LogP contribution in [0.3, 0.4) is 0 Å². The second kappa shape index (κ2) is 10.7. The predicted molar refractivity (Wildman–Crippen MR) is 124 cm³/mol. The van der Waals surface area contributed by atoms with Crippen LogP contribution >= 0.6 is 0 Å². The standard InChI is InChI=1S/C26H30N2O3/c1-5-20-9-7-8-10-25(20)31-23-14-11-21(12-15-23)28-26(29)24-16-13-22(27-19(24)4)17-18(3)30-6-2/h7-16,18H,5-6,17H2,1-4H3,(H,28,29). The lowest BCUT2D eigenvalue weighted by Crippen LogP contribution is -2.16. The Bertz CT molecular complexity index is 1020. The quantitative estimate of drug-likeness (QED) is 0.465. The van der Waals surface area contributed by atoms with Gasteiger partial charge < -0.3 is 14.8 Å². The molecule has 0 saturated carbocycles. The van der Waals surface area contributed by atoms with Gasteiger partial charge in [0.25, 0.3) is 5.91 Å².